The molecular weight excluding hydrogens is 291 g/mol. The van der Waals surface area contributed by atoms with E-state index in [0.717, 1.165) is 6.42 Å². The Hall–Kier alpha value is -1.39. The Morgan fingerprint density at radius 3 is 2.86 bits per heavy atom. The van der Waals surface area contributed by atoms with Gasteiger partial charge in [-0.15, -0.1) is 0 Å². The van der Waals surface area contributed by atoms with Crippen LogP contribution in [0, 0.1) is 5.92 Å². The van der Waals surface area contributed by atoms with Crippen molar-refractivity contribution in [3.63, 3.8) is 0 Å². The number of hydrogen-bond donors (Lipinski definition) is 2. The molecule has 3 nitrogen and oxygen atoms in total. The van der Waals surface area contributed by atoms with Crippen LogP contribution in [0.25, 0.3) is 5.57 Å². The van der Waals surface area contributed by atoms with Crippen LogP contribution >= 0.6 is 11.6 Å². The molecule has 0 bridgehead atoms. The van der Waals surface area contributed by atoms with Crippen molar-refractivity contribution in [3.05, 3.63) is 40.7 Å². The SMILES string of the molecule is C/C(=C(\F)CNC(=O)C1CC2CC2N1)c1ccccc1Cl. The van der Waals surface area contributed by atoms with Crippen LogP contribution in [0.15, 0.2) is 30.1 Å². The molecule has 1 saturated carbocycles. The normalized spacial score (nSPS) is 27.9. The first-order valence-corrected chi connectivity index (χ1v) is 7.58. The lowest BCUT2D eigenvalue weighted by molar-refractivity contribution is -0.122. The first-order valence-electron chi connectivity index (χ1n) is 7.20. The zero-order chi connectivity index (χ0) is 15.0. The molecule has 0 radical (unpaired) electrons. The molecule has 0 spiro atoms. The van der Waals surface area contributed by atoms with Crippen molar-refractivity contribution in [2.24, 2.45) is 5.92 Å². The minimum absolute atomic E-state index is 0.0938. The van der Waals surface area contributed by atoms with Crippen LogP contribution in [0.5, 0.6) is 0 Å². The van der Waals surface area contributed by atoms with E-state index < -0.39 is 0 Å². The van der Waals surface area contributed by atoms with Crippen LogP contribution in [0.3, 0.4) is 0 Å². The third kappa shape index (κ3) is 3.11. The fraction of sp³-hybridized carbons (Fsp3) is 0.438. The van der Waals surface area contributed by atoms with E-state index in [2.05, 4.69) is 10.6 Å². The van der Waals surface area contributed by atoms with Gasteiger partial charge in [-0.05, 0) is 42.9 Å². The smallest absolute Gasteiger partial charge is 0.237 e. The fourth-order valence-electron chi connectivity index (χ4n) is 2.86. The predicted molar refractivity (Wildman–Crippen MR) is 81.6 cm³/mol. The highest BCUT2D eigenvalue weighted by Crippen LogP contribution is 2.40. The number of piperidine rings is 1. The number of carbonyl (C=O) groups excluding carboxylic acids is 1. The molecule has 21 heavy (non-hydrogen) atoms. The maximum absolute atomic E-state index is 14.2. The highest BCUT2D eigenvalue weighted by molar-refractivity contribution is 6.32. The second-order valence-electron chi connectivity index (χ2n) is 5.78. The summed E-state index contributed by atoms with van der Waals surface area (Å²) < 4.78 is 14.2. The molecule has 2 N–H and O–H groups in total. The minimum Gasteiger partial charge on any atom is -0.348 e. The summed E-state index contributed by atoms with van der Waals surface area (Å²) in [6, 6.07) is 7.45. The molecule has 3 atom stereocenters. The molecule has 1 heterocycles. The molecule has 1 aliphatic heterocycles. The van der Waals surface area contributed by atoms with Crippen molar-refractivity contribution < 1.29 is 9.18 Å². The number of fused-ring (bicyclic) bond motifs is 1. The first-order chi connectivity index (χ1) is 10.1. The van der Waals surface area contributed by atoms with E-state index >= 15 is 0 Å². The lowest BCUT2D eigenvalue weighted by atomic mass is 10.1. The van der Waals surface area contributed by atoms with Crippen molar-refractivity contribution in [2.75, 3.05) is 6.54 Å². The zero-order valence-corrected chi connectivity index (χ0v) is 12.6. The van der Waals surface area contributed by atoms with Gasteiger partial charge in [-0.25, -0.2) is 4.39 Å². The molecule has 1 aromatic rings. The summed E-state index contributed by atoms with van der Waals surface area (Å²) in [5.41, 5.74) is 1.12. The van der Waals surface area contributed by atoms with E-state index in [1.807, 2.05) is 6.07 Å². The summed E-state index contributed by atoms with van der Waals surface area (Å²) in [6.07, 6.45) is 2.04. The lowest BCUT2D eigenvalue weighted by Crippen LogP contribution is -2.42. The second-order valence-corrected chi connectivity index (χ2v) is 6.19. The van der Waals surface area contributed by atoms with Gasteiger partial charge in [-0.1, -0.05) is 29.8 Å². The number of rotatable bonds is 4. The van der Waals surface area contributed by atoms with Crippen LogP contribution in [-0.2, 0) is 4.79 Å². The zero-order valence-electron chi connectivity index (χ0n) is 11.8. The molecule has 2 fully saturated rings. The van der Waals surface area contributed by atoms with Crippen LogP contribution in [-0.4, -0.2) is 24.5 Å². The molecule has 112 valence electrons. The van der Waals surface area contributed by atoms with E-state index in [4.69, 9.17) is 11.6 Å². The van der Waals surface area contributed by atoms with Crippen LogP contribution in [0.1, 0.15) is 25.3 Å². The lowest BCUT2D eigenvalue weighted by Gasteiger charge is -2.13. The van der Waals surface area contributed by atoms with Gasteiger partial charge in [-0.3, -0.25) is 4.79 Å². The highest BCUT2D eigenvalue weighted by atomic mass is 35.5. The van der Waals surface area contributed by atoms with Gasteiger partial charge in [0.2, 0.25) is 5.91 Å². The van der Waals surface area contributed by atoms with Gasteiger partial charge in [0, 0.05) is 11.1 Å². The topological polar surface area (TPSA) is 41.1 Å². The molecule has 3 rings (SSSR count). The molecule has 3 unspecified atom stereocenters. The van der Waals surface area contributed by atoms with E-state index in [-0.39, 0.29) is 24.3 Å². The summed E-state index contributed by atoms with van der Waals surface area (Å²) in [6.45, 7) is 1.58. The van der Waals surface area contributed by atoms with Gasteiger partial charge in [-0.2, -0.15) is 0 Å². The van der Waals surface area contributed by atoms with Gasteiger partial charge in [0.05, 0.1) is 12.6 Å². The fourth-order valence-corrected chi connectivity index (χ4v) is 3.13. The van der Waals surface area contributed by atoms with Crippen molar-refractivity contribution >= 4 is 23.1 Å². The van der Waals surface area contributed by atoms with Crippen LogP contribution in [0.4, 0.5) is 4.39 Å². The maximum Gasteiger partial charge on any atom is 0.237 e. The summed E-state index contributed by atoms with van der Waals surface area (Å²) >= 11 is 6.05. The number of allylic oxidation sites excluding steroid dienone is 1. The third-order valence-corrected chi connectivity index (χ3v) is 4.62. The van der Waals surface area contributed by atoms with Gasteiger partial charge < -0.3 is 10.6 Å². The largest absolute Gasteiger partial charge is 0.348 e. The molecule has 2 aliphatic rings. The standard InChI is InChI=1S/C16H18ClFN2O/c1-9(11-4-2-3-5-12(11)17)13(18)8-19-16(21)15-7-10-6-14(10)20-15/h2-5,10,14-15,20H,6-8H2,1H3,(H,19,21)/b13-9+. The molecule has 1 amide bonds. The number of amides is 1. The maximum atomic E-state index is 14.2. The van der Waals surface area contributed by atoms with Crippen molar-refractivity contribution in [3.8, 4) is 0 Å². The van der Waals surface area contributed by atoms with E-state index in [1.54, 1.807) is 25.1 Å². The van der Waals surface area contributed by atoms with Gasteiger partial charge in [0.25, 0.3) is 0 Å². The number of hydrogen-bond acceptors (Lipinski definition) is 2. The molecule has 5 heteroatoms. The van der Waals surface area contributed by atoms with E-state index in [9.17, 15) is 9.18 Å². The summed E-state index contributed by atoms with van der Waals surface area (Å²) in [5, 5.41) is 6.42. The Bertz CT molecular complexity index is 592. The summed E-state index contributed by atoms with van der Waals surface area (Å²) in [5.74, 6) is 0.162. The average molecular weight is 309 g/mol. The molecule has 1 aromatic carbocycles. The van der Waals surface area contributed by atoms with Gasteiger partial charge in [0.15, 0.2) is 0 Å². The predicted octanol–water partition coefficient (Wildman–Crippen LogP) is 2.91. The van der Waals surface area contributed by atoms with Gasteiger partial charge in [0.1, 0.15) is 5.83 Å². The first kappa shape index (κ1) is 14.5. The highest BCUT2D eigenvalue weighted by Gasteiger charge is 2.47. The average Bonchev–Trinajstić information content (AvgIpc) is 3.10. The van der Waals surface area contributed by atoms with Gasteiger partial charge >= 0.3 is 0 Å². The quantitative estimate of drug-likeness (QED) is 0.898. The number of nitrogens with one attached hydrogen (secondary N) is 2. The molecular formula is C16H18ClFN2O. The monoisotopic (exact) mass is 308 g/mol. The Morgan fingerprint density at radius 1 is 1.43 bits per heavy atom. The van der Waals surface area contributed by atoms with Crippen LogP contribution in [0.2, 0.25) is 5.02 Å². The molecule has 1 saturated heterocycles. The van der Waals surface area contributed by atoms with E-state index in [1.165, 1.54) is 6.42 Å². The number of carbonyl (C=O) groups is 1. The Morgan fingerprint density at radius 2 is 2.19 bits per heavy atom. The second kappa shape index (κ2) is 5.78. The van der Waals surface area contributed by atoms with Crippen molar-refractivity contribution in [2.45, 2.75) is 31.8 Å². The van der Waals surface area contributed by atoms with Crippen LogP contribution < -0.4 is 10.6 Å². The summed E-state index contributed by atoms with van der Waals surface area (Å²) in [4.78, 5) is 12.0. The Labute approximate surface area is 128 Å². The van der Waals surface area contributed by atoms with Crippen molar-refractivity contribution in [1.29, 1.82) is 0 Å². The Balaban J connectivity index is 1.60. The Kier molecular flexibility index (Phi) is 4.00. The number of halogens is 2. The van der Waals surface area contributed by atoms with E-state index in [0.29, 0.717) is 28.1 Å². The molecule has 1 aliphatic carbocycles. The number of benzene rings is 1. The minimum atomic E-state index is -0.361. The van der Waals surface area contributed by atoms with Crippen molar-refractivity contribution in [1.82, 2.24) is 10.6 Å². The third-order valence-electron chi connectivity index (χ3n) is 4.30. The molecule has 0 aromatic heterocycles. The summed E-state index contributed by atoms with van der Waals surface area (Å²) in [7, 11) is 0.